The standard InChI is InChI=1S/C20H22O3.2C2H6/c1-13-11-17(12-14(2)18(13)21)20(9-4-10-20)16-7-5-15(6-8-16)19(22)23-3;2*1-2/h5-8,11-12,21H,4,9-10H2,1-3H3;2*1-2H3. The average Bonchev–Trinajstić information content (AvgIpc) is 2.68. The summed E-state index contributed by atoms with van der Waals surface area (Å²) in [6.07, 6.45) is 3.38. The molecule has 0 atom stereocenters. The van der Waals surface area contributed by atoms with Crippen LogP contribution >= 0.6 is 0 Å². The molecule has 3 rings (SSSR count). The monoisotopic (exact) mass is 370 g/mol. The van der Waals surface area contributed by atoms with Crippen LogP contribution in [0.1, 0.15) is 79.6 Å². The number of aryl methyl sites for hydroxylation is 2. The molecule has 0 heterocycles. The van der Waals surface area contributed by atoms with Gasteiger partial charge in [0.1, 0.15) is 5.75 Å². The molecule has 3 heteroatoms. The van der Waals surface area contributed by atoms with E-state index in [1.165, 1.54) is 24.7 Å². The number of hydrogen-bond donors (Lipinski definition) is 1. The first-order valence-electron chi connectivity index (χ1n) is 9.97. The van der Waals surface area contributed by atoms with Crippen LogP contribution in [0.2, 0.25) is 0 Å². The summed E-state index contributed by atoms with van der Waals surface area (Å²) in [5.41, 5.74) is 4.87. The maximum atomic E-state index is 11.6. The smallest absolute Gasteiger partial charge is 0.337 e. The second-order valence-corrected chi connectivity index (χ2v) is 6.46. The van der Waals surface area contributed by atoms with E-state index < -0.39 is 0 Å². The third-order valence-corrected chi connectivity index (χ3v) is 5.11. The first-order valence-corrected chi connectivity index (χ1v) is 9.97. The van der Waals surface area contributed by atoms with Gasteiger partial charge in [-0.1, -0.05) is 58.4 Å². The fourth-order valence-electron chi connectivity index (χ4n) is 3.55. The molecule has 0 unspecified atom stereocenters. The van der Waals surface area contributed by atoms with Gasteiger partial charge in [-0.25, -0.2) is 4.79 Å². The first-order chi connectivity index (χ1) is 13.0. The Labute approximate surface area is 164 Å². The molecule has 3 nitrogen and oxygen atoms in total. The quantitative estimate of drug-likeness (QED) is 0.643. The zero-order valence-electron chi connectivity index (χ0n) is 17.8. The number of hydrogen-bond acceptors (Lipinski definition) is 3. The minimum Gasteiger partial charge on any atom is -0.507 e. The van der Waals surface area contributed by atoms with Gasteiger partial charge >= 0.3 is 5.97 Å². The molecule has 0 bridgehead atoms. The van der Waals surface area contributed by atoms with E-state index in [1.807, 2.05) is 65.8 Å². The van der Waals surface area contributed by atoms with E-state index in [9.17, 15) is 9.90 Å². The van der Waals surface area contributed by atoms with E-state index in [0.717, 1.165) is 24.0 Å². The van der Waals surface area contributed by atoms with E-state index in [2.05, 4.69) is 12.1 Å². The number of rotatable bonds is 3. The number of carbonyl (C=O) groups excluding carboxylic acids is 1. The molecule has 1 aliphatic rings. The van der Waals surface area contributed by atoms with E-state index in [1.54, 1.807) is 0 Å². The third kappa shape index (κ3) is 4.52. The summed E-state index contributed by atoms with van der Waals surface area (Å²) < 4.78 is 4.76. The predicted molar refractivity (Wildman–Crippen MR) is 113 cm³/mol. The Hall–Kier alpha value is -2.29. The Bertz CT molecular complexity index is 718. The highest BCUT2D eigenvalue weighted by Crippen LogP contribution is 2.50. The third-order valence-electron chi connectivity index (χ3n) is 5.11. The molecule has 0 aromatic heterocycles. The predicted octanol–water partition coefficient (Wildman–Crippen LogP) is 6.32. The SMILES string of the molecule is CC.CC.COC(=O)c1ccc(C2(c3cc(C)c(O)c(C)c3)CCC2)cc1. The minimum absolute atomic E-state index is 0.00211. The largest absolute Gasteiger partial charge is 0.507 e. The molecule has 1 N–H and O–H groups in total. The van der Waals surface area contributed by atoms with Crippen molar-refractivity contribution in [2.75, 3.05) is 7.11 Å². The molecular weight excluding hydrogens is 336 g/mol. The summed E-state index contributed by atoms with van der Waals surface area (Å²) in [5.74, 6) is 0.0693. The van der Waals surface area contributed by atoms with Crippen LogP contribution in [0.5, 0.6) is 5.75 Å². The van der Waals surface area contributed by atoms with Crippen LogP contribution in [0.3, 0.4) is 0 Å². The second-order valence-electron chi connectivity index (χ2n) is 6.46. The number of carbonyl (C=O) groups is 1. The molecule has 0 spiro atoms. The highest BCUT2D eigenvalue weighted by Gasteiger charge is 2.40. The summed E-state index contributed by atoms with van der Waals surface area (Å²) in [4.78, 5) is 11.6. The van der Waals surface area contributed by atoms with Gasteiger partial charge in [-0.3, -0.25) is 0 Å². The van der Waals surface area contributed by atoms with E-state index in [0.29, 0.717) is 11.3 Å². The lowest BCUT2D eigenvalue weighted by Gasteiger charge is -2.43. The van der Waals surface area contributed by atoms with Gasteiger partial charge in [-0.05, 0) is 61.1 Å². The molecule has 1 aliphatic carbocycles. The van der Waals surface area contributed by atoms with Crippen molar-refractivity contribution in [1.29, 1.82) is 0 Å². The van der Waals surface area contributed by atoms with Crippen LogP contribution in [-0.4, -0.2) is 18.2 Å². The Morgan fingerprint density at radius 3 is 1.78 bits per heavy atom. The van der Waals surface area contributed by atoms with Gasteiger partial charge in [0.2, 0.25) is 0 Å². The second kappa shape index (κ2) is 10.1. The number of esters is 1. The molecule has 0 radical (unpaired) electrons. The van der Waals surface area contributed by atoms with Crippen LogP contribution < -0.4 is 0 Å². The Balaban J connectivity index is 0.000000855. The molecule has 148 valence electrons. The van der Waals surface area contributed by atoms with Gasteiger partial charge in [-0.2, -0.15) is 0 Å². The van der Waals surface area contributed by atoms with Gasteiger partial charge in [0.25, 0.3) is 0 Å². The van der Waals surface area contributed by atoms with Gasteiger partial charge in [0.05, 0.1) is 12.7 Å². The number of benzene rings is 2. The Morgan fingerprint density at radius 1 is 0.926 bits per heavy atom. The highest BCUT2D eigenvalue weighted by atomic mass is 16.5. The van der Waals surface area contributed by atoms with Crippen molar-refractivity contribution >= 4 is 5.97 Å². The number of phenolic OH excluding ortho intramolecular Hbond substituents is 1. The minimum atomic E-state index is -0.310. The summed E-state index contributed by atoms with van der Waals surface area (Å²) in [7, 11) is 1.39. The lowest BCUT2D eigenvalue weighted by Crippen LogP contribution is -2.35. The molecule has 1 fully saturated rings. The van der Waals surface area contributed by atoms with E-state index in [4.69, 9.17) is 4.74 Å². The zero-order chi connectivity index (χ0) is 20.6. The number of aromatic hydroxyl groups is 1. The fraction of sp³-hybridized carbons (Fsp3) is 0.458. The van der Waals surface area contributed by atoms with Crippen molar-refractivity contribution < 1.29 is 14.6 Å². The maximum Gasteiger partial charge on any atom is 0.337 e. The van der Waals surface area contributed by atoms with Crippen molar-refractivity contribution in [1.82, 2.24) is 0 Å². The Morgan fingerprint density at radius 2 is 1.41 bits per heavy atom. The van der Waals surface area contributed by atoms with Crippen LogP contribution in [0, 0.1) is 13.8 Å². The van der Waals surface area contributed by atoms with E-state index >= 15 is 0 Å². The topological polar surface area (TPSA) is 46.5 Å². The molecule has 2 aromatic carbocycles. The highest BCUT2D eigenvalue weighted by molar-refractivity contribution is 5.89. The van der Waals surface area contributed by atoms with Crippen LogP contribution in [0.25, 0.3) is 0 Å². The van der Waals surface area contributed by atoms with Crippen molar-refractivity contribution in [3.05, 3.63) is 64.2 Å². The number of phenols is 1. The van der Waals surface area contributed by atoms with Gasteiger partial charge in [0, 0.05) is 5.41 Å². The molecule has 0 saturated heterocycles. The molecule has 0 aliphatic heterocycles. The average molecular weight is 371 g/mol. The van der Waals surface area contributed by atoms with Crippen LogP contribution in [0.4, 0.5) is 0 Å². The first kappa shape index (κ1) is 22.8. The van der Waals surface area contributed by atoms with Crippen molar-refractivity contribution in [3.63, 3.8) is 0 Å². The number of methoxy groups -OCH3 is 1. The summed E-state index contributed by atoms with van der Waals surface area (Å²) in [6, 6.07) is 11.9. The summed E-state index contributed by atoms with van der Waals surface area (Å²) in [5, 5.41) is 10.0. The van der Waals surface area contributed by atoms with Crippen molar-refractivity contribution in [3.8, 4) is 5.75 Å². The molecule has 2 aromatic rings. The number of ether oxygens (including phenoxy) is 1. The van der Waals surface area contributed by atoms with Crippen LogP contribution in [-0.2, 0) is 10.2 Å². The lowest BCUT2D eigenvalue weighted by molar-refractivity contribution is 0.0600. The van der Waals surface area contributed by atoms with Gasteiger partial charge < -0.3 is 9.84 Å². The summed E-state index contributed by atoms with van der Waals surface area (Å²) >= 11 is 0. The van der Waals surface area contributed by atoms with Gasteiger partial charge in [0.15, 0.2) is 0 Å². The van der Waals surface area contributed by atoms with E-state index in [-0.39, 0.29) is 11.4 Å². The summed E-state index contributed by atoms with van der Waals surface area (Å²) in [6.45, 7) is 11.9. The molecule has 0 amide bonds. The lowest BCUT2D eigenvalue weighted by atomic mass is 9.60. The van der Waals surface area contributed by atoms with Gasteiger partial charge in [-0.15, -0.1) is 0 Å². The van der Waals surface area contributed by atoms with Crippen molar-refractivity contribution in [2.24, 2.45) is 0 Å². The zero-order valence-corrected chi connectivity index (χ0v) is 17.8. The normalized spacial score (nSPS) is 13.9. The molecular formula is C24H34O3. The fourth-order valence-corrected chi connectivity index (χ4v) is 3.55. The molecule has 27 heavy (non-hydrogen) atoms. The van der Waals surface area contributed by atoms with Crippen molar-refractivity contribution in [2.45, 2.75) is 66.2 Å². The maximum absolute atomic E-state index is 11.6. The van der Waals surface area contributed by atoms with Crippen LogP contribution in [0.15, 0.2) is 36.4 Å². The molecule has 1 saturated carbocycles. The Kier molecular flexibility index (Phi) is 8.55.